The lowest BCUT2D eigenvalue weighted by atomic mass is 9.96. The predicted molar refractivity (Wildman–Crippen MR) is 99.1 cm³/mol. The van der Waals surface area contributed by atoms with Gasteiger partial charge in [-0.05, 0) is 50.9 Å². The molecule has 2 heterocycles. The van der Waals surface area contributed by atoms with Crippen molar-refractivity contribution in [3.05, 3.63) is 29.8 Å². The molecule has 1 aromatic carbocycles. The molecule has 2 fully saturated rings. The minimum atomic E-state index is -0.433. The Morgan fingerprint density at radius 1 is 1.08 bits per heavy atom. The van der Waals surface area contributed by atoms with Gasteiger partial charge in [0.15, 0.2) is 0 Å². The first-order chi connectivity index (χ1) is 12.2. The zero-order chi connectivity index (χ0) is 17.5. The van der Waals surface area contributed by atoms with Crippen LogP contribution in [0.5, 0.6) is 5.75 Å². The quantitative estimate of drug-likeness (QED) is 0.814. The summed E-state index contributed by atoms with van der Waals surface area (Å²) in [6.45, 7) is 10.4. The van der Waals surface area contributed by atoms with Crippen molar-refractivity contribution in [2.24, 2.45) is 5.92 Å². The molecule has 0 bridgehead atoms. The SMILES string of the molecule is Cc1ccc(OC[C@@H](O)CN2CCC(CN3CCOCC3)CC2)cc1. The third kappa shape index (κ3) is 6.26. The number of ether oxygens (including phenoxy) is 2. The summed E-state index contributed by atoms with van der Waals surface area (Å²) in [5.74, 6) is 1.61. The normalized spacial score (nSPS) is 22.0. The Bertz CT molecular complexity index is 494. The summed E-state index contributed by atoms with van der Waals surface area (Å²) in [6.07, 6.45) is 2.02. The first-order valence-corrected chi connectivity index (χ1v) is 9.59. The highest BCUT2D eigenvalue weighted by Crippen LogP contribution is 2.19. The van der Waals surface area contributed by atoms with Crippen molar-refractivity contribution >= 4 is 0 Å². The number of aliphatic hydroxyl groups is 1. The van der Waals surface area contributed by atoms with Crippen molar-refractivity contribution in [1.82, 2.24) is 9.80 Å². The number of hydrogen-bond acceptors (Lipinski definition) is 5. The molecule has 0 saturated carbocycles. The molecule has 2 aliphatic heterocycles. The van der Waals surface area contributed by atoms with Gasteiger partial charge >= 0.3 is 0 Å². The fraction of sp³-hybridized carbons (Fsp3) is 0.700. The number of rotatable bonds is 7. The number of morpholine rings is 1. The summed E-state index contributed by atoms with van der Waals surface area (Å²) in [5, 5.41) is 10.3. The lowest BCUT2D eigenvalue weighted by Crippen LogP contribution is -2.44. The molecule has 0 unspecified atom stereocenters. The fourth-order valence-corrected chi connectivity index (χ4v) is 3.68. The second-order valence-electron chi connectivity index (χ2n) is 7.43. The van der Waals surface area contributed by atoms with Crippen LogP contribution in [0.15, 0.2) is 24.3 Å². The summed E-state index contributed by atoms with van der Waals surface area (Å²) in [5.41, 5.74) is 1.22. The van der Waals surface area contributed by atoms with Crippen LogP contribution >= 0.6 is 0 Å². The van der Waals surface area contributed by atoms with Gasteiger partial charge in [0.05, 0.1) is 13.2 Å². The summed E-state index contributed by atoms with van der Waals surface area (Å²) in [6, 6.07) is 7.97. The molecular weight excluding hydrogens is 316 g/mol. The molecule has 0 aliphatic carbocycles. The zero-order valence-electron chi connectivity index (χ0n) is 15.4. The van der Waals surface area contributed by atoms with Crippen molar-refractivity contribution in [3.8, 4) is 5.75 Å². The van der Waals surface area contributed by atoms with Crippen LogP contribution in [-0.2, 0) is 4.74 Å². The van der Waals surface area contributed by atoms with E-state index in [1.54, 1.807) is 0 Å². The number of aryl methyl sites for hydroxylation is 1. The van der Waals surface area contributed by atoms with Gasteiger partial charge in [-0.2, -0.15) is 0 Å². The molecule has 1 N–H and O–H groups in total. The second kappa shape index (κ2) is 9.53. The third-order valence-electron chi connectivity index (χ3n) is 5.26. The van der Waals surface area contributed by atoms with Crippen LogP contribution in [0.3, 0.4) is 0 Å². The number of piperidine rings is 1. The predicted octanol–water partition coefficient (Wildman–Crippen LogP) is 1.78. The van der Waals surface area contributed by atoms with Crippen LogP contribution in [0.25, 0.3) is 0 Å². The molecule has 1 aromatic rings. The molecule has 0 amide bonds. The number of benzene rings is 1. The Morgan fingerprint density at radius 3 is 2.44 bits per heavy atom. The summed E-state index contributed by atoms with van der Waals surface area (Å²) in [4.78, 5) is 4.91. The summed E-state index contributed by atoms with van der Waals surface area (Å²) < 4.78 is 11.1. The smallest absolute Gasteiger partial charge is 0.119 e. The topological polar surface area (TPSA) is 45.2 Å². The number of β-amino-alcohol motifs (C(OH)–C–C–N with tert-alkyl or cyclic N) is 1. The van der Waals surface area contributed by atoms with Crippen LogP contribution in [0.2, 0.25) is 0 Å². The molecule has 1 atom stereocenters. The maximum Gasteiger partial charge on any atom is 0.119 e. The van der Waals surface area contributed by atoms with E-state index in [9.17, 15) is 5.11 Å². The van der Waals surface area contributed by atoms with Crippen LogP contribution in [-0.4, -0.2) is 80.1 Å². The lowest BCUT2D eigenvalue weighted by Gasteiger charge is -2.36. The minimum Gasteiger partial charge on any atom is -0.491 e. The average Bonchev–Trinajstić information content (AvgIpc) is 2.64. The number of likely N-dealkylation sites (tertiary alicyclic amines) is 1. The van der Waals surface area contributed by atoms with Crippen LogP contribution in [0.1, 0.15) is 18.4 Å². The van der Waals surface area contributed by atoms with Gasteiger partial charge in [-0.1, -0.05) is 17.7 Å². The highest BCUT2D eigenvalue weighted by atomic mass is 16.5. The fourth-order valence-electron chi connectivity index (χ4n) is 3.68. The minimum absolute atomic E-state index is 0.358. The zero-order valence-corrected chi connectivity index (χ0v) is 15.4. The maximum absolute atomic E-state index is 10.3. The van der Waals surface area contributed by atoms with Gasteiger partial charge in [0.25, 0.3) is 0 Å². The van der Waals surface area contributed by atoms with Gasteiger partial charge in [-0.15, -0.1) is 0 Å². The first-order valence-electron chi connectivity index (χ1n) is 9.59. The van der Waals surface area contributed by atoms with E-state index in [0.29, 0.717) is 13.2 Å². The van der Waals surface area contributed by atoms with Crippen LogP contribution in [0, 0.1) is 12.8 Å². The number of aliphatic hydroxyl groups excluding tert-OH is 1. The molecule has 140 valence electrons. The van der Waals surface area contributed by atoms with Crippen molar-refractivity contribution in [2.45, 2.75) is 25.9 Å². The van der Waals surface area contributed by atoms with Crippen LogP contribution in [0.4, 0.5) is 0 Å². The Kier molecular flexibility index (Phi) is 7.11. The molecule has 25 heavy (non-hydrogen) atoms. The third-order valence-corrected chi connectivity index (χ3v) is 5.26. The van der Waals surface area contributed by atoms with Crippen LogP contribution < -0.4 is 4.74 Å². The highest BCUT2D eigenvalue weighted by molar-refractivity contribution is 5.26. The monoisotopic (exact) mass is 348 g/mol. The molecule has 0 spiro atoms. The Hall–Kier alpha value is -1.14. The van der Waals surface area contributed by atoms with E-state index in [1.165, 1.54) is 24.9 Å². The van der Waals surface area contributed by atoms with Gasteiger partial charge in [-0.3, -0.25) is 4.90 Å². The van der Waals surface area contributed by atoms with Gasteiger partial charge < -0.3 is 19.5 Å². The average molecular weight is 348 g/mol. The van der Waals surface area contributed by atoms with Gasteiger partial charge in [0.1, 0.15) is 18.5 Å². The van der Waals surface area contributed by atoms with E-state index in [2.05, 4.69) is 16.7 Å². The van der Waals surface area contributed by atoms with E-state index in [1.807, 2.05) is 24.3 Å². The van der Waals surface area contributed by atoms with E-state index in [0.717, 1.165) is 51.1 Å². The molecule has 2 aliphatic rings. The molecule has 3 rings (SSSR count). The standard InChI is InChI=1S/C20H32N2O3/c1-17-2-4-20(5-3-17)25-16-19(23)15-21-8-6-18(7-9-21)14-22-10-12-24-13-11-22/h2-5,18-19,23H,6-16H2,1H3/t19-/m0/s1. The second-order valence-corrected chi connectivity index (χ2v) is 7.43. The summed E-state index contributed by atoms with van der Waals surface area (Å²) in [7, 11) is 0. The molecule has 0 radical (unpaired) electrons. The lowest BCUT2D eigenvalue weighted by molar-refractivity contribution is 0.0191. The molecule has 5 heteroatoms. The molecule has 2 saturated heterocycles. The number of nitrogens with zero attached hydrogens (tertiary/aromatic N) is 2. The van der Waals surface area contributed by atoms with E-state index < -0.39 is 6.10 Å². The summed E-state index contributed by atoms with van der Waals surface area (Å²) >= 11 is 0. The van der Waals surface area contributed by atoms with Crippen molar-refractivity contribution in [3.63, 3.8) is 0 Å². The van der Waals surface area contributed by atoms with Crippen molar-refractivity contribution in [1.29, 1.82) is 0 Å². The van der Waals surface area contributed by atoms with Gasteiger partial charge in [0, 0.05) is 26.2 Å². The Labute approximate surface area is 151 Å². The van der Waals surface area contributed by atoms with E-state index in [-0.39, 0.29) is 0 Å². The van der Waals surface area contributed by atoms with Gasteiger partial charge in [-0.25, -0.2) is 0 Å². The van der Waals surface area contributed by atoms with Gasteiger partial charge in [0.2, 0.25) is 0 Å². The molecular formula is C20H32N2O3. The molecule has 5 nitrogen and oxygen atoms in total. The first kappa shape index (κ1) is 18.6. The largest absolute Gasteiger partial charge is 0.491 e. The number of hydrogen-bond donors (Lipinski definition) is 1. The maximum atomic E-state index is 10.3. The Morgan fingerprint density at radius 2 is 1.76 bits per heavy atom. The van der Waals surface area contributed by atoms with Crippen molar-refractivity contribution in [2.75, 3.05) is 59.1 Å². The molecule has 0 aromatic heterocycles. The van der Waals surface area contributed by atoms with E-state index in [4.69, 9.17) is 9.47 Å². The van der Waals surface area contributed by atoms with E-state index >= 15 is 0 Å². The Balaban J connectivity index is 1.31. The highest BCUT2D eigenvalue weighted by Gasteiger charge is 2.23. The van der Waals surface area contributed by atoms with Crippen molar-refractivity contribution < 1.29 is 14.6 Å².